The maximum absolute atomic E-state index is 11.8. The highest BCUT2D eigenvalue weighted by Crippen LogP contribution is 2.39. The lowest BCUT2D eigenvalue weighted by Gasteiger charge is -2.47. The molecule has 0 saturated carbocycles. The van der Waals surface area contributed by atoms with E-state index in [1.54, 1.807) is 0 Å². The van der Waals surface area contributed by atoms with Gasteiger partial charge in [-0.15, -0.1) is 36.6 Å². The van der Waals surface area contributed by atoms with Crippen LogP contribution in [-0.2, 0) is 9.59 Å². The Kier molecular flexibility index (Phi) is 7.41. The molecule has 6 nitrogen and oxygen atoms in total. The highest BCUT2D eigenvalue weighted by molar-refractivity contribution is 8.00. The van der Waals surface area contributed by atoms with Gasteiger partial charge in [0.25, 0.3) is 0 Å². The van der Waals surface area contributed by atoms with E-state index in [0.717, 1.165) is 19.6 Å². The van der Waals surface area contributed by atoms with Gasteiger partial charge in [-0.1, -0.05) is 12.2 Å². The fourth-order valence-electron chi connectivity index (χ4n) is 2.98. The average molecular weight is 382 g/mol. The first-order chi connectivity index (χ1) is 10.1. The summed E-state index contributed by atoms with van der Waals surface area (Å²) in [5.74, 6) is -0.767. The highest BCUT2D eigenvalue weighted by atomic mass is 35.5. The predicted molar refractivity (Wildman–Crippen MR) is 95.0 cm³/mol. The second-order valence-corrected chi connectivity index (χ2v) is 6.63. The molecule has 0 unspecified atom stereocenters. The first-order valence-electron chi connectivity index (χ1n) is 7.15. The minimum atomic E-state index is -1.05. The summed E-state index contributed by atoms with van der Waals surface area (Å²) in [6.45, 7) is 3.04. The number of β-lactam (4-membered cyclic amide) rings is 1. The zero-order chi connectivity index (χ0) is 15.0. The summed E-state index contributed by atoms with van der Waals surface area (Å²) >= 11 is 1.53. The zero-order valence-corrected chi connectivity index (χ0v) is 15.0. The SMILES string of the molecule is Cl.Cl.N[C@@H]1C(=O)N2C(C(=O)O)=C(C=CCN3CCCC3)CS[C@H]12. The van der Waals surface area contributed by atoms with E-state index in [4.69, 9.17) is 5.73 Å². The van der Waals surface area contributed by atoms with Gasteiger partial charge in [0.15, 0.2) is 0 Å². The van der Waals surface area contributed by atoms with E-state index < -0.39 is 12.0 Å². The number of hydrogen-bond donors (Lipinski definition) is 2. The molecule has 3 aliphatic rings. The van der Waals surface area contributed by atoms with Crippen LogP contribution in [0.5, 0.6) is 0 Å². The summed E-state index contributed by atoms with van der Waals surface area (Å²) in [4.78, 5) is 26.9. The highest BCUT2D eigenvalue weighted by Gasteiger charge is 2.51. The number of likely N-dealkylation sites (tertiary alicyclic amines) is 1. The first-order valence-corrected chi connectivity index (χ1v) is 8.20. The Morgan fingerprint density at radius 3 is 2.61 bits per heavy atom. The summed E-state index contributed by atoms with van der Waals surface area (Å²) in [7, 11) is 0. The molecule has 0 bridgehead atoms. The van der Waals surface area contributed by atoms with Crippen molar-refractivity contribution >= 4 is 48.5 Å². The van der Waals surface area contributed by atoms with Crippen molar-refractivity contribution in [2.24, 2.45) is 5.73 Å². The molecular formula is C14H21Cl2N3O3S. The molecule has 2 fully saturated rings. The molecule has 0 aromatic rings. The van der Waals surface area contributed by atoms with Gasteiger partial charge in [0.2, 0.25) is 5.91 Å². The van der Waals surface area contributed by atoms with Gasteiger partial charge < -0.3 is 10.8 Å². The molecule has 2 atom stereocenters. The van der Waals surface area contributed by atoms with Crippen LogP contribution in [0.3, 0.4) is 0 Å². The number of thioether (sulfide) groups is 1. The van der Waals surface area contributed by atoms with Gasteiger partial charge in [-0.05, 0) is 31.5 Å². The molecule has 3 rings (SSSR count). The second-order valence-electron chi connectivity index (χ2n) is 5.52. The van der Waals surface area contributed by atoms with Crippen LogP contribution in [0, 0.1) is 0 Å². The van der Waals surface area contributed by atoms with E-state index >= 15 is 0 Å². The van der Waals surface area contributed by atoms with Crippen LogP contribution in [0.4, 0.5) is 0 Å². The van der Waals surface area contributed by atoms with E-state index in [1.165, 1.54) is 29.5 Å². The van der Waals surface area contributed by atoms with Gasteiger partial charge in [0.05, 0.1) is 0 Å². The average Bonchev–Trinajstić information content (AvgIpc) is 2.98. The molecule has 0 spiro atoms. The quantitative estimate of drug-likeness (QED) is 0.708. The first kappa shape index (κ1) is 20.3. The molecule has 9 heteroatoms. The third kappa shape index (κ3) is 3.85. The number of allylic oxidation sites excluding steroid dienone is 1. The van der Waals surface area contributed by atoms with Gasteiger partial charge in [0.1, 0.15) is 17.1 Å². The normalized spacial score (nSPS) is 27.3. The lowest BCUT2D eigenvalue weighted by Crippen LogP contribution is -2.68. The van der Waals surface area contributed by atoms with Crippen molar-refractivity contribution in [1.82, 2.24) is 9.80 Å². The van der Waals surface area contributed by atoms with Crippen LogP contribution in [0.1, 0.15) is 12.8 Å². The topological polar surface area (TPSA) is 86.9 Å². The Hall–Kier alpha value is -0.730. The number of aliphatic carboxylic acids is 1. The number of amides is 1. The van der Waals surface area contributed by atoms with Crippen LogP contribution >= 0.6 is 36.6 Å². The standard InChI is InChI=1S/C14H19N3O3S.2ClH/c15-10-12(18)17-11(14(19)20)9(8-21-13(10)17)4-3-7-16-5-1-2-6-16;;/h3-4,10,13H,1-2,5-8,15H2,(H,19,20);2*1H/t10-,13-;;/m1../s1. The number of carboxylic acid groups (broad SMARTS) is 1. The number of hydrogen-bond acceptors (Lipinski definition) is 5. The number of carbonyl (C=O) groups excluding carboxylic acids is 1. The Bertz CT molecular complexity index is 535. The van der Waals surface area contributed by atoms with Crippen molar-refractivity contribution < 1.29 is 14.7 Å². The molecule has 23 heavy (non-hydrogen) atoms. The van der Waals surface area contributed by atoms with Gasteiger partial charge >= 0.3 is 5.97 Å². The minimum Gasteiger partial charge on any atom is -0.477 e. The smallest absolute Gasteiger partial charge is 0.352 e. The second kappa shape index (κ2) is 8.39. The molecule has 0 radical (unpaired) electrons. The molecule has 2 saturated heterocycles. The van der Waals surface area contributed by atoms with Crippen LogP contribution in [0.2, 0.25) is 0 Å². The van der Waals surface area contributed by atoms with E-state index in [9.17, 15) is 14.7 Å². The van der Waals surface area contributed by atoms with Crippen molar-refractivity contribution in [3.8, 4) is 0 Å². The Labute approximate surface area is 151 Å². The maximum Gasteiger partial charge on any atom is 0.352 e. The van der Waals surface area contributed by atoms with E-state index in [1.807, 2.05) is 12.2 Å². The van der Waals surface area contributed by atoms with Gasteiger partial charge in [0, 0.05) is 12.3 Å². The zero-order valence-electron chi connectivity index (χ0n) is 12.5. The molecule has 0 aliphatic carbocycles. The van der Waals surface area contributed by atoms with Crippen molar-refractivity contribution in [3.05, 3.63) is 23.4 Å². The number of nitrogens with two attached hydrogens (primary N) is 1. The van der Waals surface area contributed by atoms with E-state index in [-0.39, 0.29) is 41.8 Å². The predicted octanol–water partition coefficient (Wildman–Crippen LogP) is 1.06. The lowest BCUT2D eigenvalue weighted by atomic mass is 10.0. The summed E-state index contributed by atoms with van der Waals surface area (Å²) < 4.78 is 0. The van der Waals surface area contributed by atoms with Gasteiger partial charge in [-0.2, -0.15) is 0 Å². The molecule has 130 valence electrons. The number of carbonyl (C=O) groups is 2. The third-order valence-corrected chi connectivity index (χ3v) is 5.45. The molecule has 1 amide bonds. The largest absolute Gasteiger partial charge is 0.477 e. The molecule has 3 heterocycles. The third-order valence-electron chi connectivity index (χ3n) is 4.12. The number of carboxylic acids is 1. The lowest BCUT2D eigenvalue weighted by molar-refractivity contribution is -0.147. The van der Waals surface area contributed by atoms with Crippen LogP contribution in [0.15, 0.2) is 23.4 Å². The number of halogens is 2. The maximum atomic E-state index is 11.8. The summed E-state index contributed by atoms with van der Waals surface area (Å²) in [6.07, 6.45) is 6.31. The number of nitrogens with zero attached hydrogens (tertiary/aromatic N) is 2. The van der Waals surface area contributed by atoms with Crippen LogP contribution in [0.25, 0.3) is 0 Å². The van der Waals surface area contributed by atoms with Crippen molar-refractivity contribution in [3.63, 3.8) is 0 Å². The van der Waals surface area contributed by atoms with Gasteiger partial charge in [-0.25, -0.2) is 4.79 Å². The molecule has 0 aromatic heterocycles. The molecular weight excluding hydrogens is 361 g/mol. The van der Waals surface area contributed by atoms with Crippen molar-refractivity contribution in [1.29, 1.82) is 0 Å². The fourth-order valence-corrected chi connectivity index (χ4v) is 4.24. The molecule has 3 N–H and O–H groups in total. The number of fused-ring (bicyclic) bond motifs is 1. The van der Waals surface area contributed by atoms with E-state index in [0.29, 0.717) is 11.3 Å². The number of rotatable bonds is 4. The summed E-state index contributed by atoms with van der Waals surface area (Å²) in [5, 5.41) is 9.18. The molecule has 0 aromatic carbocycles. The van der Waals surface area contributed by atoms with Crippen LogP contribution < -0.4 is 5.73 Å². The minimum absolute atomic E-state index is 0. The Balaban J connectivity index is 0.00000132. The summed E-state index contributed by atoms with van der Waals surface area (Å²) in [5.41, 5.74) is 6.51. The van der Waals surface area contributed by atoms with Crippen molar-refractivity contribution in [2.45, 2.75) is 24.3 Å². The van der Waals surface area contributed by atoms with E-state index in [2.05, 4.69) is 4.90 Å². The Morgan fingerprint density at radius 2 is 2.00 bits per heavy atom. The fraction of sp³-hybridized carbons (Fsp3) is 0.571. The van der Waals surface area contributed by atoms with Crippen molar-refractivity contribution in [2.75, 3.05) is 25.4 Å². The Morgan fingerprint density at radius 1 is 1.35 bits per heavy atom. The molecule has 3 aliphatic heterocycles. The summed E-state index contributed by atoms with van der Waals surface area (Å²) in [6, 6.07) is -0.570. The van der Waals surface area contributed by atoms with Crippen LogP contribution in [-0.4, -0.2) is 63.6 Å². The monoisotopic (exact) mass is 381 g/mol. The van der Waals surface area contributed by atoms with Gasteiger partial charge in [-0.3, -0.25) is 14.6 Å².